The van der Waals surface area contributed by atoms with E-state index in [1.807, 2.05) is 0 Å². The number of carbonyl (C=O) groups excluding carboxylic acids is 2. The fourth-order valence-corrected chi connectivity index (χ4v) is 6.05. The van der Waals surface area contributed by atoms with Crippen molar-refractivity contribution in [2.75, 3.05) is 32.7 Å². The molecule has 2 aliphatic rings. The number of benzene rings is 2. The van der Waals surface area contributed by atoms with E-state index in [2.05, 4.69) is 21.9 Å². The third-order valence-corrected chi connectivity index (χ3v) is 9.14. The Balaban J connectivity index is 1.45. The highest BCUT2D eigenvalue weighted by molar-refractivity contribution is 7.92. The van der Waals surface area contributed by atoms with Gasteiger partial charge < -0.3 is 15.5 Å². The average molecular weight is 643 g/mol. The Hall–Kier alpha value is -3.36. The van der Waals surface area contributed by atoms with E-state index in [4.69, 9.17) is 0 Å². The number of halogens is 5. The van der Waals surface area contributed by atoms with Crippen LogP contribution < -0.4 is 15.4 Å². The van der Waals surface area contributed by atoms with E-state index in [-0.39, 0.29) is 50.8 Å². The van der Waals surface area contributed by atoms with E-state index in [0.29, 0.717) is 36.2 Å². The van der Waals surface area contributed by atoms with Crippen LogP contribution in [-0.2, 0) is 27.5 Å². The van der Waals surface area contributed by atoms with Crippen molar-refractivity contribution >= 4 is 21.8 Å². The van der Waals surface area contributed by atoms with Gasteiger partial charge in [-0.3, -0.25) is 9.59 Å². The van der Waals surface area contributed by atoms with Crippen LogP contribution in [0.25, 0.3) is 0 Å². The first kappa shape index (κ1) is 33.5. The molecule has 2 fully saturated rings. The highest BCUT2D eigenvalue weighted by Crippen LogP contribution is 2.38. The molecule has 4 rings (SSSR count). The normalized spacial score (nSPS) is 21.1. The molecule has 8 nitrogen and oxygen atoms in total. The first-order valence-electron chi connectivity index (χ1n) is 14.2. The highest BCUT2D eigenvalue weighted by Gasteiger charge is 2.43. The quantitative estimate of drug-likeness (QED) is 0.318. The lowest BCUT2D eigenvalue weighted by Crippen LogP contribution is -2.46. The minimum Gasteiger partial charge on any atom is -0.351 e. The molecule has 2 saturated heterocycles. The summed E-state index contributed by atoms with van der Waals surface area (Å²) in [6, 6.07) is 10.5. The zero-order valence-corrected chi connectivity index (χ0v) is 24.7. The van der Waals surface area contributed by atoms with Gasteiger partial charge in [0, 0.05) is 62.6 Å². The monoisotopic (exact) mass is 642 g/mol. The van der Waals surface area contributed by atoms with Crippen LogP contribution >= 0.6 is 0 Å². The van der Waals surface area contributed by atoms with Crippen molar-refractivity contribution in [1.82, 2.24) is 20.3 Å². The number of alkyl halides is 5. The molecular weight excluding hydrogens is 607 g/mol. The summed E-state index contributed by atoms with van der Waals surface area (Å²) < 4.78 is 93.9. The Bertz CT molecular complexity index is 1430. The van der Waals surface area contributed by atoms with Crippen molar-refractivity contribution in [1.29, 1.82) is 0 Å². The Kier molecular flexibility index (Phi) is 10.5. The van der Waals surface area contributed by atoms with E-state index in [9.17, 15) is 40.0 Å². The summed E-state index contributed by atoms with van der Waals surface area (Å²) in [6.07, 6.45) is -4.44. The number of carbonyl (C=O) groups is 2. The molecule has 3 atom stereocenters. The first-order chi connectivity index (χ1) is 20.7. The number of rotatable bonds is 11. The van der Waals surface area contributed by atoms with Gasteiger partial charge in [-0.25, -0.2) is 21.9 Å². The zero-order chi connectivity index (χ0) is 32.1. The van der Waals surface area contributed by atoms with Gasteiger partial charge in [0.15, 0.2) is 0 Å². The van der Waals surface area contributed by atoms with E-state index < -0.39 is 45.4 Å². The maximum absolute atomic E-state index is 14.8. The van der Waals surface area contributed by atoms with Crippen LogP contribution in [0.4, 0.5) is 22.0 Å². The molecule has 2 heterocycles. The summed E-state index contributed by atoms with van der Waals surface area (Å²) >= 11 is 0. The van der Waals surface area contributed by atoms with Gasteiger partial charge >= 0.3 is 6.18 Å². The number of hydrogen-bond donors (Lipinski definition) is 3. The van der Waals surface area contributed by atoms with Crippen LogP contribution in [0.1, 0.15) is 52.2 Å². The van der Waals surface area contributed by atoms with Crippen LogP contribution in [0.5, 0.6) is 0 Å². The van der Waals surface area contributed by atoms with Gasteiger partial charge in [-0.05, 0) is 54.2 Å². The Morgan fingerprint density at radius 1 is 1.11 bits per heavy atom. The third kappa shape index (κ3) is 8.63. The number of nitrogens with one attached hydrogen (secondary N) is 3. The minimum atomic E-state index is -4.50. The lowest BCUT2D eigenvalue weighted by Gasteiger charge is -2.34. The number of likely N-dealkylation sites (tertiary alicyclic amines) is 1. The van der Waals surface area contributed by atoms with Crippen LogP contribution in [0, 0.1) is 11.8 Å². The summed E-state index contributed by atoms with van der Waals surface area (Å²) in [5, 5.41) is 6.44. The zero-order valence-electron chi connectivity index (χ0n) is 23.9. The predicted molar refractivity (Wildman–Crippen MR) is 154 cm³/mol. The second kappa shape index (κ2) is 13.7. The molecule has 44 heavy (non-hydrogen) atoms. The van der Waals surface area contributed by atoms with E-state index in [0.717, 1.165) is 17.5 Å². The topological polar surface area (TPSA) is 108 Å². The molecule has 0 bridgehead atoms. The standard InChI is InChI=1S/C30H35F5N4O4S/c1-2-44(42,43)38-17-21-11-14-39(19-21)28(41)23-7-5-22(6-8-23)26(15-25-18-36-13-12-29(25,31)32)27(40)37-16-20-3-9-24(10-4-20)30(33,34)35/h2-10,21,25-26,36,38H,1,11-19H2,(H,37,40)/t21-,25?,26?/m0/s1. The molecule has 0 saturated carbocycles. The Labute approximate surface area is 253 Å². The van der Waals surface area contributed by atoms with E-state index in [1.165, 1.54) is 24.3 Å². The second-order valence-electron chi connectivity index (χ2n) is 11.2. The number of nitrogens with zero attached hydrogens (tertiary/aromatic N) is 1. The van der Waals surface area contributed by atoms with Gasteiger partial charge in [0.2, 0.25) is 15.9 Å². The summed E-state index contributed by atoms with van der Waals surface area (Å²) in [5.74, 6) is -6.03. The van der Waals surface area contributed by atoms with Gasteiger partial charge in [0.25, 0.3) is 11.8 Å². The van der Waals surface area contributed by atoms with Crippen LogP contribution in [0.2, 0.25) is 0 Å². The molecular formula is C30H35F5N4O4S. The number of sulfonamides is 1. The Morgan fingerprint density at radius 2 is 1.80 bits per heavy atom. The van der Waals surface area contributed by atoms with Crippen molar-refractivity contribution < 1.29 is 40.0 Å². The summed E-state index contributed by atoms with van der Waals surface area (Å²) in [6.45, 7) is 4.27. The molecule has 0 aliphatic carbocycles. The molecule has 2 aromatic carbocycles. The van der Waals surface area contributed by atoms with Gasteiger partial charge in [0.05, 0.1) is 11.5 Å². The molecule has 3 N–H and O–H groups in total. The lowest BCUT2D eigenvalue weighted by molar-refractivity contribution is -0.137. The first-order valence-corrected chi connectivity index (χ1v) is 15.8. The molecule has 2 unspecified atom stereocenters. The second-order valence-corrected chi connectivity index (χ2v) is 12.9. The fourth-order valence-electron chi connectivity index (χ4n) is 5.46. The van der Waals surface area contributed by atoms with Gasteiger partial charge in [-0.2, -0.15) is 13.2 Å². The van der Waals surface area contributed by atoms with Crippen molar-refractivity contribution in [2.24, 2.45) is 11.8 Å². The maximum Gasteiger partial charge on any atom is 0.416 e. The maximum atomic E-state index is 14.8. The van der Waals surface area contributed by atoms with Gasteiger partial charge in [-0.1, -0.05) is 30.8 Å². The third-order valence-electron chi connectivity index (χ3n) is 8.13. The molecule has 2 aromatic rings. The van der Waals surface area contributed by atoms with Crippen LogP contribution in [-0.4, -0.2) is 63.8 Å². The van der Waals surface area contributed by atoms with Crippen molar-refractivity contribution in [3.8, 4) is 0 Å². The summed E-state index contributed by atoms with van der Waals surface area (Å²) in [5.41, 5.74) is 0.339. The largest absolute Gasteiger partial charge is 0.416 e. The van der Waals surface area contributed by atoms with E-state index >= 15 is 0 Å². The average Bonchev–Trinajstić information content (AvgIpc) is 3.47. The molecule has 2 aliphatic heterocycles. The SMILES string of the molecule is C=CS(=O)(=O)NC[C@@H]1CCN(C(=O)c2ccc(C(CC3CNCCC3(F)F)C(=O)NCc3ccc(C(F)(F)F)cc3)cc2)C1. The van der Waals surface area contributed by atoms with Crippen molar-refractivity contribution in [3.63, 3.8) is 0 Å². The molecule has 2 amide bonds. The molecule has 0 radical (unpaired) electrons. The highest BCUT2D eigenvalue weighted by atomic mass is 32.2. The smallest absolute Gasteiger partial charge is 0.351 e. The Morgan fingerprint density at radius 3 is 2.41 bits per heavy atom. The van der Waals surface area contributed by atoms with Crippen molar-refractivity contribution in [3.05, 3.63) is 82.8 Å². The summed E-state index contributed by atoms with van der Waals surface area (Å²) in [7, 11) is -3.58. The number of amides is 2. The minimum absolute atomic E-state index is 0.0192. The predicted octanol–water partition coefficient (Wildman–Crippen LogP) is 4.27. The van der Waals surface area contributed by atoms with Crippen LogP contribution in [0.15, 0.2) is 60.5 Å². The van der Waals surface area contributed by atoms with Gasteiger partial charge in [0.1, 0.15) is 0 Å². The van der Waals surface area contributed by atoms with Crippen molar-refractivity contribution in [2.45, 2.75) is 43.8 Å². The van der Waals surface area contributed by atoms with E-state index in [1.54, 1.807) is 17.0 Å². The lowest BCUT2D eigenvalue weighted by atomic mass is 9.82. The molecule has 14 heteroatoms. The fraction of sp³-hybridized carbons (Fsp3) is 0.467. The molecule has 0 spiro atoms. The number of piperidine rings is 1. The molecule has 0 aromatic heterocycles. The molecule has 240 valence electrons. The number of hydrogen-bond acceptors (Lipinski definition) is 5. The van der Waals surface area contributed by atoms with Crippen LogP contribution in [0.3, 0.4) is 0 Å². The van der Waals surface area contributed by atoms with Gasteiger partial charge in [-0.15, -0.1) is 0 Å². The summed E-state index contributed by atoms with van der Waals surface area (Å²) in [4.78, 5) is 28.1.